The van der Waals surface area contributed by atoms with Gasteiger partial charge in [-0.1, -0.05) is 35.0 Å². The molecule has 0 saturated heterocycles. The molecule has 0 radical (unpaired) electrons. The quantitative estimate of drug-likeness (QED) is 0.801. The van der Waals surface area contributed by atoms with Crippen molar-refractivity contribution in [3.8, 4) is 17.7 Å². The molecule has 0 aliphatic rings. The van der Waals surface area contributed by atoms with E-state index in [1.165, 1.54) is 0 Å². The molecule has 0 atom stereocenters. The second kappa shape index (κ2) is 5.19. The number of rotatable bonds is 3. The predicted octanol–water partition coefficient (Wildman–Crippen LogP) is 3.18. The highest BCUT2D eigenvalue weighted by Crippen LogP contribution is 2.20. The molecule has 3 aromatic rings. The minimum Gasteiger partial charge on any atom is -0.356 e. The van der Waals surface area contributed by atoms with Gasteiger partial charge in [0.25, 0.3) is 5.89 Å². The molecule has 0 unspecified atom stereocenters. The normalized spacial score (nSPS) is 10.4. The van der Waals surface area contributed by atoms with E-state index >= 15 is 0 Å². The van der Waals surface area contributed by atoms with Crippen molar-refractivity contribution in [2.24, 2.45) is 0 Å². The summed E-state index contributed by atoms with van der Waals surface area (Å²) >= 11 is 6.09. The summed E-state index contributed by atoms with van der Waals surface area (Å²) in [4.78, 5) is 7.20. The first kappa shape index (κ1) is 12.5. The SMILES string of the molecule is N#Cc1c[nH]c(-c2nc(Cc3ccccc3Cl)no2)c1. The Morgan fingerprint density at radius 3 is 2.95 bits per heavy atom. The van der Waals surface area contributed by atoms with Crippen LogP contribution >= 0.6 is 11.6 Å². The predicted molar refractivity (Wildman–Crippen MR) is 73.1 cm³/mol. The third kappa shape index (κ3) is 2.42. The van der Waals surface area contributed by atoms with Crippen LogP contribution in [0.4, 0.5) is 0 Å². The number of nitrogens with zero attached hydrogens (tertiary/aromatic N) is 3. The summed E-state index contributed by atoms with van der Waals surface area (Å²) in [5, 5.41) is 13.4. The fraction of sp³-hybridized carbons (Fsp3) is 0.0714. The number of H-pyrrole nitrogens is 1. The Kier molecular flexibility index (Phi) is 3.23. The van der Waals surface area contributed by atoms with Gasteiger partial charge in [-0.25, -0.2) is 0 Å². The van der Waals surface area contributed by atoms with Gasteiger partial charge in [0.15, 0.2) is 5.82 Å². The molecule has 2 heterocycles. The van der Waals surface area contributed by atoms with E-state index in [4.69, 9.17) is 21.4 Å². The summed E-state index contributed by atoms with van der Waals surface area (Å²) in [7, 11) is 0. The molecule has 20 heavy (non-hydrogen) atoms. The summed E-state index contributed by atoms with van der Waals surface area (Å²) < 4.78 is 5.18. The van der Waals surface area contributed by atoms with Gasteiger partial charge >= 0.3 is 0 Å². The number of hydrogen-bond donors (Lipinski definition) is 1. The fourth-order valence-electron chi connectivity index (χ4n) is 1.83. The molecule has 0 amide bonds. The largest absolute Gasteiger partial charge is 0.356 e. The first-order valence-electron chi connectivity index (χ1n) is 5.91. The summed E-state index contributed by atoms with van der Waals surface area (Å²) in [6, 6.07) is 11.2. The van der Waals surface area contributed by atoms with Crippen molar-refractivity contribution >= 4 is 11.6 Å². The standard InChI is InChI=1S/C14H9ClN4O/c15-11-4-2-1-3-10(11)6-13-18-14(20-19-13)12-5-9(7-16)8-17-12/h1-5,8,17H,6H2. The van der Waals surface area contributed by atoms with Crippen LogP contribution in [0.3, 0.4) is 0 Å². The van der Waals surface area contributed by atoms with E-state index in [0.717, 1.165) is 5.56 Å². The number of aromatic amines is 1. The van der Waals surface area contributed by atoms with Gasteiger partial charge in [-0.3, -0.25) is 0 Å². The molecule has 0 aliphatic heterocycles. The lowest BCUT2D eigenvalue weighted by atomic mass is 10.1. The van der Waals surface area contributed by atoms with Crippen molar-refractivity contribution in [1.29, 1.82) is 5.26 Å². The number of benzene rings is 1. The number of nitriles is 1. The van der Waals surface area contributed by atoms with Crippen LogP contribution in [0.5, 0.6) is 0 Å². The number of hydrogen-bond acceptors (Lipinski definition) is 4. The minimum absolute atomic E-state index is 0.355. The zero-order valence-corrected chi connectivity index (χ0v) is 11.1. The van der Waals surface area contributed by atoms with Crippen molar-refractivity contribution in [1.82, 2.24) is 15.1 Å². The molecule has 0 saturated carbocycles. The Hall–Kier alpha value is -2.58. The summed E-state index contributed by atoms with van der Waals surface area (Å²) in [6.07, 6.45) is 2.09. The lowest BCUT2D eigenvalue weighted by molar-refractivity contribution is 0.423. The van der Waals surface area contributed by atoms with Crippen molar-refractivity contribution in [3.05, 3.63) is 58.5 Å². The molecular formula is C14H9ClN4O. The first-order chi connectivity index (χ1) is 9.76. The van der Waals surface area contributed by atoms with E-state index in [0.29, 0.717) is 34.4 Å². The summed E-state index contributed by atoms with van der Waals surface area (Å²) in [6.45, 7) is 0. The number of halogens is 1. The molecule has 0 aliphatic carbocycles. The maximum atomic E-state index is 8.78. The molecule has 6 heteroatoms. The lowest BCUT2D eigenvalue weighted by Gasteiger charge is -1.98. The highest BCUT2D eigenvalue weighted by Gasteiger charge is 2.12. The Bertz CT molecular complexity index is 784. The zero-order valence-electron chi connectivity index (χ0n) is 10.3. The third-order valence-electron chi connectivity index (χ3n) is 2.82. The molecule has 1 N–H and O–H groups in total. The number of nitrogens with one attached hydrogen (secondary N) is 1. The van der Waals surface area contributed by atoms with Gasteiger partial charge < -0.3 is 9.51 Å². The van der Waals surface area contributed by atoms with Gasteiger partial charge in [0.05, 0.1) is 5.56 Å². The lowest BCUT2D eigenvalue weighted by Crippen LogP contribution is -1.91. The van der Waals surface area contributed by atoms with Crippen LogP contribution in [-0.2, 0) is 6.42 Å². The fourth-order valence-corrected chi connectivity index (χ4v) is 2.03. The Balaban J connectivity index is 1.84. The van der Waals surface area contributed by atoms with Gasteiger partial charge in [-0.15, -0.1) is 0 Å². The second-order valence-electron chi connectivity index (χ2n) is 4.20. The van der Waals surface area contributed by atoms with Gasteiger partial charge in [0.2, 0.25) is 0 Å². The Morgan fingerprint density at radius 1 is 1.35 bits per heavy atom. The molecule has 3 rings (SSSR count). The molecule has 0 bridgehead atoms. The molecular weight excluding hydrogens is 276 g/mol. The van der Waals surface area contributed by atoms with Gasteiger partial charge in [0, 0.05) is 17.6 Å². The van der Waals surface area contributed by atoms with Gasteiger partial charge in [0.1, 0.15) is 11.8 Å². The molecule has 98 valence electrons. The smallest absolute Gasteiger partial charge is 0.274 e. The second-order valence-corrected chi connectivity index (χ2v) is 4.60. The van der Waals surface area contributed by atoms with E-state index in [9.17, 15) is 0 Å². The van der Waals surface area contributed by atoms with Crippen LogP contribution in [0.2, 0.25) is 5.02 Å². The average Bonchev–Trinajstić information content (AvgIpc) is 3.10. The monoisotopic (exact) mass is 284 g/mol. The van der Waals surface area contributed by atoms with Crippen molar-refractivity contribution in [2.75, 3.05) is 0 Å². The average molecular weight is 285 g/mol. The Morgan fingerprint density at radius 2 is 2.20 bits per heavy atom. The van der Waals surface area contributed by atoms with E-state index in [-0.39, 0.29) is 0 Å². The van der Waals surface area contributed by atoms with E-state index in [1.54, 1.807) is 12.3 Å². The van der Waals surface area contributed by atoms with Crippen LogP contribution in [0.25, 0.3) is 11.6 Å². The maximum Gasteiger partial charge on any atom is 0.274 e. The number of aromatic nitrogens is 3. The first-order valence-corrected chi connectivity index (χ1v) is 6.29. The topological polar surface area (TPSA) is 78.5 Å². The zero-order chi connectivity index (χ0) is 13.9. The minimum atomic E-state index is 0.355. The molecule has 0 fully saturated rings. The third-order valence-corrected chi connectivity index (χ3v) is 3.19. The van der Waals surface area contributed by atoms with E-state index in [1.807, 2.05) is 30.3 Å². The van der Waals surface area contributed by atoms with Gasteiger partial charge in [-0.05, 0) is 17.7 Å². The van der Waals surface area contributed by atoms with Crippen LogP contribution in [0.1, 0.15) is 17.0 Å². The molecule has 1 aromatic carbocycles. The highest BCUT2D eigenvalue weighted by molar-refractivity contribution is 6.31. The highest BCUT2D eigenvalue weighted by atomic mass is 35.5. The van der Waals surface area contributed by atoms with Crippen LogP contribution < -0.4 is 0 Å². The Labute approximate surface area is 119 Å². The van der Waals surface area contributed by atoms with Crippen LogP contribution in [-0.4, -0.2) is 15.1 Å². The van der Waals surface area contributed by atoms with Crippen molar-refractivity contribution in [2.45, 2.75) is 6.42 Å². The van der Waals surface area contributed by atoms with Crippen molar-refractivity contribution in [3.63, 3.8) is 0 Å². The van der Waals surface area contributed by atoms with Crippen LogP contribution in [0, 0.1) is 11.3 Å². The maximum absolute atomic E-state index is 8.78. The van der Waals surface area contributed by atoms with E-state index in [2.05, 4.69) is 15.1 Å². The summed E-state index contributed by atoms with van der Waals surface area (Å²) in [5.74, 6) is 0.898. The molecule has 2 aromatic heterocycles. The van der Waals surface area contributed by atoms with E-state index < -0.39 is 0 Å². The summed E-state index contributed by atoms with van der Waals surface area (Å²) in [5.41, 5.74) is 2.08. The van der Waals surface area contributed by atoms with Crippen molar-refractivity contribution < 1.29 is 4.52 Å². The van der Waals surface area contributed by atoms with Crippen LogP contribution in [0.15, 0.2) is 41.1 Å². The molecule has 0 spiro atoms. The van der Waals surface area contributed by atoms with Gasteiger partial charge in [-0.2, -0.15) is 10.2 Å². The molecule has 5 nitrogen and oxygen atoms in total.